The summed E-state index contributed by atoms with van der Waals surface area (Å²) >= 11 is 0. The lowest BCUT2D eigenvalue weighted by Crippen LogP contribution is -2.41. The average molecular weight is 370 g/mol. The highest BCUT2D eigenvalue weighted by Crippen LogP contribution is 2.39. The number of amides is 1. The molecule has 1 amide bonds. The molecule has 148 valence electrons. The standard InChI is InChI=1S/C23H35N3O/c1-6-14-24-20(16(2)3)11-12-22-23-19(13-15-26(22)17(4)27)18-9-7-8-10-21(18)25(23)5/h7-10,16,20,22,24H,6,11-15H2,1-5H3. The Morgan fingerprint density at radius 2 is 2.04 bits per heavy atom. The summed E-state index contributed by atoms with van der Waals surface area (Å²) in [6, 6.07) is 9.33. The van der Waals surface area contributed by atoms with Crippen LogP contribution in [-0.2, 0) is 18.3 Å². The fraction of sp³-hybridized carbons (Fsp3) is 0.609. The summed E-state index contributed by atoms with van der Waals surface area (Å²) in [4.78, 5) is 14.5. The van der Waals surface area contributed by atoms with Crippen molar-refractivity contribution in [3.63, 3.8) is 0 Å². The lowest BCUT2D eigenvalue weighted by atomic mass is 9.90. The van der Waals surface area contributed by atoms with Crippen molar-refractivity contribution in [1.29, 1.82) is 0 Å². The van der Waals surface area contributed by atoms with Crippen LogP contribution in [0.15, 0.2) is 24.3 Å². The molecule has 1 aromatic heterocycles. The van der Waals surface area contributed by atoms with Gasteiger partial charge < -0.3 is 14.8 Å². The number of aryl methyl sites for hydroxylation is 1. The Balaban J connectivity index is 1.93. The molecule has 0 spiro atoms. The number of carbonyl (C=O) groups is 1. The van der Waals surface area contributed by atoms with E-state index in [0.717, 1.165) is 38.8 Å². The molecular formula is C23H35N3O. The molecule has 1 aliphatic rings. The number of nitrogens with zero attached hydrogens (tertiary/aromatic N) is 2. The summed E-state index contributed by atoms with van der Waals surface area (Å²) in [6.07, 6.45) is 4.21. The van der Waals surface area contributed by atoms with Crippen molar-refractivity contribution in [2.24, 2.45) is 13.0 Å². The Morgan fingerprint density at radius 3 is 2.70 bits per heavy atom. The SMILES string of the molecule is CCCNC(CCC1c2c(c3ccccc3n2C)CCN1C(C)=O)C(C)C. The number of para-hydroxylation sites is 1. The zero-order valence-corrected chi connectivity index (χ0v) is 17.6. The molecule has 0 aliphatic carbocycles. The molecule has 0 saturated heterocycles. The van der Waals surface area contributed by atoms with E-state index in [1.54, 1.807) is 6.92 Å². The minimum Gasteiger partial charge on any atom is -0.346 e. The minimum atomic E-state index is 0.174. The van der Waals surface area contributed by atoms with E-state index < -0.39 is 0 Å². The lowest BCUT2D eigenvalue weighted by molar-refractivity contribution is -0.132. The van der Waals surface area contributed by atoms with Crippen molar-refractivity contribution in [2.75, 3.05) is 13.1 Å². The monoisotopic (exact) mass is 369 g/mol. The van der Waals surface area contributed by atoms with Gasteiger partial charge in [0.25, 0.3) is 0 Å². The van der Waals surface area contributed by atoms with Crippen LogP contribution >= 0.6 is 0 Å². The minimum absolute atomic E-state index is 0.174. The maximum Gasteiger partial charge on any atom is 0.220 e. The summed E-state index contributed by atoms with van der Waals surface area (Å²) in [7, 11) is 2.16. The second-order valence-electron chi connectivity index (χ2n) is 8.30. The lowest BCUT2D eigenvalue weighted by Gasteiger charge is -2.37. The smallest absolute Gasteiger partial charge is 0.220 e. The zero-order valence-electron chi connectivity index (χ0n) is 17.6. The number of benzene rings is 1. The van der Waals surface area contributed by atoms with E-state index in [9.17, 15) is 4.79 Å². The number of nitrogens with one attached hydrogen (secondary N) is 1. The molecule has 1 aliphatic heterocycles. The van der Waals surface area contributed by atoms with Gasteiger partial charge in [0, 0.05) is 43.2 Å². The normalized spacial score (nSPS) is 18.1. The molecule has 2 heterocycles. The molecule has 0 radical (unpaired) electrons. The van der Waals surface area contributed by atoms with E-state index in [0.29, 0.717) is 12.0 Å². The Kier molecular flexibility index (Phi) is 6.25. The summed E-state index contributed by atoms with van der Waals surface area (Å²) < 4.78 is 2.33. The number of fused-ring (bicyclic) bond motifs is 3. The van der Waals surface area contributed by atoms with Crippen LogP contribution in [0.3, 0.4) is 0 Å². The number of hydrogen-bond donors (Lipinski definition) is 1. The fourth-order valence-electron chi connectivity index (χ4n) is 4.72. The van der Waals surface area contributed by atoms with E-state index in [2.05, 4.69) is 66.9 Å². The number of carbonyl (C=O) groups excluding carboxylic acids is 1. The third-order valence-corrected chi connectivity index (χ3v) is 6.17. The number of hydrogen-bond acceptors (Lipinski definition) is 2. The van der Waals surface area contributed by atoms with Crippen LogP contribution in [0.1, 0.15) is 64.3 Å². The molecule has 2 atom stereocenters. The van der Waals surface area contributed by atoms with E-state index in [4.69, 9.17) is 0 Å². The second-order valence-corrected chi connectivity index (χ2v) is 8.30. The summed E-state index contributed by atoms with van der Waals surface area (Å²) in [5, 5.41) is 5.06. The van der Waals surface area contributed by atoms with E-state index in [1.165, 1.54) is 22.2 Å². The predicted octanol–water partition coefficient (Wildman–Crippen LogP) is 4.43. The summed E-state index contributed by atoms with van der Waals surface area (Å²) in [5.41, 5.74) is 4.07. The molecule has 1 N–H and O–H groups in total. The van der Waals surface area contributed by atoms with Crippen molar-refractivity contribution in [3.05, 3.63) is 35.5 Å². The van der Waals surface area contributed by atoms with Crippen LogP contribution in [-0.4, -0.2) is 34.5 Å². The van der Waals surface area contributed by atoms with E-state index in [1.807, 2.05) is 0 Å². The highest BCUT2D eigenvalue weighted by atomic mass is 16.2. The fourth-order valence-corrected chi connectivity index (χ4v) is 4.72. The third-order valence-electron chi connectivity index (χ3n) is 6.17. The number of aromatic nitrogens is 1. The predicted molar refractivity (Wildman–Crippen MR) is 113 cm³/mol. The molecule has 2 unspecified atom stereocenters. The maximum absolute atomic E-state index is 12.4. The van der Waals surface area contributed by atoms with Crippen molar-refractivity contribution < 1.29 is 4.79 Å². The van der Waals surface area contributed by atoms with E-state index in [-0.39, 0.29) is 11.9 Å². The molecular weight excluding hydrogens is 334 g/mol. The van der Waals surface area contributed by atoms with Crippen molar-refractivity contribution >= 4 is 16.8 Å². The van der Waals surface area contributed by atoms with Gasteiger partial charge in [-0.25, -0.2) is 0 Å². The van der Waals surface area contributed by atoms with Gasteiger partial charge >= 0.3 is 0 Å². The van der Waals surface area contributed by atoms with Gasteiger partial charge in [-0.05, 0) is 49.8 Å². The third kappa shape index (κ3) is 3.91. The van der Waals surface area contributed by atoms with Crippen molar-refractivity contribution in [3.8, 4) is 0 Å². The van der Waals surface area contributed by atoms with Crippen LogP contribution in [0, 0.1) is 5.92 Å². The number of rotatable bonds is 7. The molecule has 4 nitrogen and oxygen atoms in total. The topological polar surface area (TPSA) is 37.3 Å². The Bertz CT molecular complexity index is 792. The first-order valence-corrected chi connectivity index (χ1v) is 10.5. The van der Waals surface area contributed by atoms with Crippen molar-refractivity contribution in [1.82, 2.24) is 14.8 Å². The Morgan fingerprint density at radius 1 is 1.30 bits per heavy atom. The Hall–Kier alpha value is -1.81. The molecule has 0 fully saturated rings. The molecule has 0 bridgehead atoms. The van der Waals surface area contributed by atoms with Crippen LogP contribution in [0.4, 0.5) is 0 Å². The van der Waals surface area contributed by atoms with Crippen LogP contribution in [0.2, 0.25) is 0 Å². The van der Waals surface area contributed by atoms with Gasteiger partial charge in [-0.2, -0.15) is 0 Å². The summed E-state index contributed by atoms with van der Waals surface area (Å²) in [6.45, 7) is 10.4. The van der Waals surface area contributed by atoms with Gasteiger partial charge in [0.15, 0.2) is 0 Å². The first-order chi connectivity index (χ1) is 13.0. The molecule has 27 heavy (non-hydrogen) atoms. The van der Waals surface area contributed by atoms with Gasteiger partial charge in [0.2, 0.25) is 5.91 Å². The summed E-state index contributed by atoms with van der Waals surface area (Å²) in [5.74, 6) is 0.788. The second kappa shape index (κ2) is 8.47. The van der Waals surface area contributed by atoms with Crippen molar-refractivity contribution in [2.45, 2.75) is 65.5 Å². The van der Waals surface area contributed by atoms with Gasteiger partial charge in [0.1, 0.15) is 0 Å². The van der Waals surface area contributed by atoms with Crippen LogP contribution in [0.5, 0.6) is 0 Å². The van der Waals surface area contributed by atoms with Crippen LogP contribution < -0.4 is 5.32 Å². The molecule has 4 heteroatoms. The van der Waals surface area contributed by atoms with Crippen LogP contribution in [0.25, 0.3) is 10.9 Å². The van der Waals surface area contributed by atoms with Gasteiger partial charge in [-0.1, -0.05) is 39.0 Å². The highest BCUT2D eigenvalue weighted by Gasteiger charge is 2.33. The van der Waals surface area contributed by atoms with Gasteiger partial charge in [0.05, 0.1) is 6.04 Å². The van der Waals surface area contributed by atoms with Gasteiger partial charge in [-0.3, -0.25) is 4.79 Å². The largest absolute Gasteiger partial charge is 0.346 e. The first kappa shape index (κ1) is 19.9. The molecule has 1 aromatic carbocycles. The highest BCUT2D eigenvalue weighted by molar-refractivity contribution is 5.86. The zero-order chi connectivity index (χ0) is 19.6. The first-order valence-electron chi connectivity index (χ1n) is 10.5. The van der Waals surface area contributed by atoms with E-state index >= 15 is 0 Å². The Labute approximate surface area is 163 Å². The molecule has 2 aromatic rings. The van der Waals surface area contributed by atoms with Gasteiger partial charge in [-0.15, -0.1) is 0 Å². The molecule has 3 rings (SSSR count). The average Bonchev–Trinajstić information content (AvgIpc) is 2.94. The molecule has 0 saturated carbocycles. The maximum atomic E-state index is 12.4. The quantitative estimate of drug-likeness (QED) is 0.784.